The van der Waals surface area contributed by atoms with E-state index in [0.29, 0.717) is 0 Å². The minimum absolute atomic E-state index is 0.761. The van der Waals surface area contributed by atoms with Gasteiger partial charge in [0.05, 0.1) is 0 Å². The second kappa shape index (κ2) is 4.49. The maximum atomic E-state index is 4.26. The van der Waals surface area contributed by atoms with E-state index >= 15 is 0 Å². The summed E-state index contributed by atoms with van der Waals surface area (Å²) in [6.45, 7) is 2.85. The van der Waals surface area contributed by atoms with Crippen LogP contribution in [0.2, 0.25) is 0 Å². The predicted octanol–water partition coefficient (Wildman–Crippen LogP) is 2.65. The molecule has 3 rings (SSSR count). The lowest BCUT2D eigenvalue weighted by Gasteiger charge is -2.10. The largest absolute Gasteiger partial charge is 0.367 e. The fourth-order valence-electron chi connectivity index (χ4n) is 1.96. The quantitative estimate of drug-likeness (QED) is 0.762. The number of anilines is 1. The average molecular weight is 238 g/mol. The topological polar surface area (TPSA) is 42.2 Å². The molecule has 0 amide bonds. The van der Waals surface area contributed by atoms with Gasteiger partial charge in [-0.25, -0.2) is 4.98 Å². The molecule has 0 fully saturated rings. The molecule has 0 saturated carbocycles. The SMILES string of the molecule is Cc1ccncc1CNc1cccc2nccn12. The van der Waals surface area contributed by atoms with Crippen LogP contribution in [-0.4, -0.2) is 14.4 Å². The van der Waals surface area contributed by atoms with E-state index in [0.717, 1.165) is 18.0 Å². The molecule has 0 radical (unpaired) electrons. The molecule has 0 bridgehead atoms. The van der Waals surface area contributed by atoms with E-state index in [2.05, 4.69) is 22.2 Å². The van der Waals surface area contributed by atoms with Crippen molar-refractivity contribution in [2.24, 2.45) is 0 Å². The highest BCUT2D eigenvalue weighted by Crippen LogP contribution is 2.13. The third-order valence-corrected chi connectivity index (χ3v) is 3.04. The molecule has 3 aromatic rings. The molecule has 0 aromatic carbocycles. The molecule has 0 atom stereocenters. The Morgan fingerprint density at radius 1 is 1.22 bits per heavy atom. The first-order valence-corrected chi connectivity index (χ1v) is 5.90. The normalized spacial score (nSPS) is 10.7. The van der Waals surface area contributed by atoms with Gasteiger partial charge in [0.1, 0.15) is 11.5 Å². The first kappa shape index (κ1) is 10.8. The highest BCUT2D eigenvalue weighted by Gasteiger charge is 2.01. The van der Waals surface area contributed by atoms with Crippen LogP contribution in [0, 0.1) is 6.92 Å². The third kappa shape index (κ3) is 1.93. The van der Waals surface area contributed by atoms with Gasteiger partial charge in [-0.05, 0) is 36.2 Å². The van der Waals surface area contributed by atoms with Gasteiger partial charge in [0.15, 0.2) is 0 Å². The van der Waals surface area contributed by atoms with Crippen LogP contribution in [0.4, 0.5) is 5.82 Å². The molecule has 0 aliphatic heterocycles. The van der Waals surface area contributed by atoms with Crippen LogP contribution in [0.15, 0.2) is 49.1 Å². The minimum atomic E-state index is 0.761. The first-order valence-electron chi connectivity index (χ1n) is 5.90. The van der Waals surface area contributed by atoms with Crippen molar-refractivity contribution in [3.05, 3.63) is 60.2 Å². The van der Waals surface area contributed by atoms with E-state index in [1.807, 2.05) is 47.3 Å². The maximum absolute atomic E-state index is 4.26. The first-order chi connectivity index (χ1) is 8.84. The zero-order valence-corrected chi connectivity index (χ0v) is 10.2. The number of nitrogens with zero attached hydrogens (tertiary/aromatic N) is 3. The van der Waals surface area contributed by atoms with Crippen LogP contribution >= 0.6 is 0 Å². The number of hydrogen-bond acceptors (Lipinski definition) is 3. The summed E-state index contributed by atoms with van der Waals surface area (Å²) in [5, 5.41) is 3.41. The Morgan fingerprint density at radius 3 is 3.06 bits per heavy atom. The smallest absolute Gasteiger partial charge is 0.138 e. The second-order valence-electron chi connectivity index (χ2n) is 4.22. The second-order valence-corrected chi connectivity index (χ2v) is 4.22. The lowest BCUT2D eigenvalue weighted by Crippen LogP contribution is -2.05. The minimum Gasteiger partial charge on any atom is -0.367 e. The number of rotatable bonds is 3. The van der Waals surface area contributed by atoms with Crippen LogP contribution in [0.1, 0.15) is 11.1 Å². The summed E-state index contributed by atoms with van der Waals surface area (Å²) in [5.41, 5.74) is 3.40. The number of imidazole rings is 1. The Morgan fingerprint density at radius 2 is 2.17 bits per heavy atom. The van der Waals surface area contributed by atoms with Crippen LogP contribution in [0.25, 0.3) is 5.65 Å². The summed E-state index contributed by atoms with van der Waals surface area (Å²) in [7, 11) is 0. The van der Waals surface area contributed by atoms with Crippen molar-refractivity contribution in [1.82, 2.24) is 14.4 Å². The van der Waals surface area contributed by atoms with Gasteiger partial charge in [-0.15, -0.1) is 0 Å². The van der Waals surface area contributed by atoms with Gasteiger partial charge < -0.3 is 5.32 Å². The molecule has 0 aliphatic rings. The number of aryl methyl sites for hydroxylation is 1. The Hall–Kier alpha value is -2.36. The van der Waals surface area contributed by atoms with Crippen molar-refractivity contribution in [2.75, 3.05) is 5.32 Å². The van der Waals surface area contributed by atoms with Crippen molar-refractivity contribution in [2.45, 2.75) is 13.5 Å². The van der Waals surface area contributed by atoms with Gasteiger partial charge in [0, 0.05) is 31.3 Å². The van der Waals surface area contributed by atoms with Crippen molar-refractivity contribution in [3.8, 4) is 0 Å². The van der Waals surface area contributed by atoms with E-state index in [-0.39, 0.29) is 0 Å². The summed E-state index contributed by atoms with van der Waals surface area (Å²) in [6.07, 6.45) is 7.47. The zero-order chi connectivity index (χ0) is 12.4. The van der Waals surface area contributed by atoms with Crippen molar-refractivity contribution in [3.63, 3.8) is 0 Å². The van der Waals surface area contributed by atoms with E-state index in [9.17, 15) is 0 Å². The van der Waals surface area contributed by atoms with Crippen LogP contribution in [0.5, 0.6) is 0 Å². The van der Waals surface area contributed by atoms with E-state index in [1.165, 1.54) is 11.1 Å². The molecule has 0 aliphatic carbocycles. The molecule has 4 heteroatoms. The molecular weight excluding hydrogens is 224 g/mol. The molecule has 4 nitrogen and oxygen atoms in total. The van der Waals surface area contributed by atoms with Gasteiger partial charge in [0.25, 0.3) is 0 Å². The maximum Gasteiger partial charge on any atom is 0.138 e. The number of fused-ring (bicyclic) bond motifs is 1. The molecule has 18 heavy (non-hydrogen) atoms. The highest BCUT2D eigenvalue weighted by molar-refractivity contribution is 5.50. The third-order valence-electron chi connectivity index (χ3n) is 3.04. The van der Waals surface area contributed by atoms with Gasteiger partial charge >= 0.3 is 0 Å². The predicted molar refractivity (Wildman–Crippen MR) is 71.5 cm³/mol. The molecule has 0 saturated heterocycles. The fourth-order valence-corrected chi connectivity index (χ4v) is 1.96. The Balaban J connectivity index is 1.85. The fraction of sp³-hybridized carbons (Fsp3) is 0.143. The van der Waals surface area contributed by atoms with Crippen molar-refractivity contribution >= 4 is 11.5 Å². The number of aromatic nitrogens is 3. The summed E-state index contributed by atoms with van der Waals surface area (Å²) in [6, 6.07) is 8.05. The van der Waals surface area contributed by atoms with Gasteiger partial charge in [0.2, 0.25) is 0 Å². The molecule has 0 spiro atoms. The Kier molecular flexibility index (Phi) is 2.68. The summed E-state index contributed by atoms with van der Waals surface area (Å²) >= 11 is 0. The van der Waals surface area contributed by atoms with Gasteiger partial charge in [-0.3, -0.25) is 9.38 Å². The molecular formula is C14H14N4. The van der Waals surface area contributed by atoms with Crippen molar-refractivity contribution in [1.29, 1.82) is 0 Å². The van der Waals surface area contributed by atoms with Crippen LogP contribution < -0.4 is 5.32 Å². The van der Waals surface area contributed by atoms with Gasteiger partial charge in [-0.2, -0.15) is 0 Å². The molecule has 3 heterocycles. The molecule has 3 aromatic heterocycles. The van der Waals surface area contributed by atoms with E-state index < -0.39 is 0 Å². The van der Waals surface area contributed by atoms with Crippen LogP contribution in [0.3, 0.4) is 0 Å². The summed E-state index contributed by atoms with van der Waals surface area (Å²) in [5.74, 6) is 1.04. The Bertz CT molecular complexity index is 672. The average Bonchev–Trinajstić information content (AvgIpc) is 2.86. The standard InChI is InChI=1S/C14H14N4/c1-11-5-6-15-9-12(11)10-17-14-4-2-3-13-16-7-8-18(13)14/h2-9,17H,10H2,1H3. The van der Waals surface area contributed by atoms with E-state index in [1.54, 1.807) is 6.20 Å². The number of nitrogens with one attached hydrogen (secondary N) is 1. The molecule has 1 N–H and O–H groups in total. The zero-order valence-electron chi connectivity index (χ0n) is 10.2. The Labute approximate surface area is 105 Å². The van der Waals surface area contributed by atoms with E-state index in [4.69, 9.17) is 0 Å². The molecule has 0 unspecified atom stereocenters. The van der Waals surface area contributed by atoms with Gasteiger partial charge in [-0.1, -0.05) is 6.07 Å². The molecule has 90 valence electrons. The van der Waals surface area contributed by atoms with Crippen LogP contribution in [-0.2, 0) is 6.54 Å². The summed E-state index contributed by atoms with van der Waals surface area (Å²) < 4.78 is 2.03. The monoisotopic (exact) mass is 238 g/mol. The lowest BCUT2D eigenvalue weighted by atomic mass is 10.1. The highest BCUT2D eigenvalue weighted by atomic mass is 15.1. The number of hydrogen-bond donors (Lipinski definition) is 1. The number of pyridine rings is 2. The summed E-state index contributed by atoms with van der Waals surface area (Å²) in [4.78, 5) is 8.41. The van der Waals surface area contributed by atoms with Crippen molar-refractivity contribution < 1.29 is 0 Å². The lowest BCUT2D eigenvalue weighted by molar-refractivity contribution is 1.04.